The lowest BCUT2D eigenvalue weighted by Crippen LogP contribution is -2.22. The third-order valence-corrected chi connectivity index (χ3v) is 6.85. The Kier molecular flexibility index (Phi) is 5.04. The number of nitrogens with zero attached hydrogens (tertiary/aromatic N) is 3. The first kappa shape index (κ1) is 20.4. The number of aryl methyl sites for hydroxylation is 1. The number of fused-ring (bicyclic) bond motifs is 3. The van der Waals surface area contributed by atoms with Gasteiger partial charge in [-0.1, -0.05) is 12.1 Å². The smallest absolute Gasteiger partial charge is 0.309 e. The van der Waals surface area contributed by atoms with Gasteiger partial charge in [-0.3, -0.25) is 9.59 Å². The van der Waals surface area contributed by atoms with Crippen molar-refractivity contribution in [1.29, 1.82) is 0 Å². The number of hydrogen-bond acceptors (Lipinski definition) is 6. The molecule has 0 saturated carbocycles. The second kappa shape index (κ2) is 7.89. The standard InChI is InChI=1S/C25H25N3O4/c1-14-10-22(16(3)23-20(14)8-9-21-15(2)25(30)32-24(21)23)31-13-19-11-26-27-28(19)18-6-4-17(12-29)5-7-18/h4-7,10-12,15,21,24H,8-9,13H2,1-3H3/t15-,21-,24+/m0/s1. The molecule has 32 heavy (non-hydrogen) atoms. The van der Waals surface area contributed by atoms with E-state index in [9.17, 15) is 9.59 Å². The average molecular weight is 431 g/mol. The molecule has 0 radical (unpaired) electrons. The fourth-order valence-electron chi connectivity index (χ4n) is 4.99. The molecule has 5 rings (SSSR count). The highest BCUT2D eigenvalue weighted by atomic mass is 16.6. The number of carbonyl (C=O) groups excluding carboxylic acids is 2. The van der Waals surface area contributed by atoms with Crippen LogP contribution in [0.5, 0.6) is 5.75 Å². The SMILES string of the molecule is Cc1cc(OCc2cnnn2-c2ccc(C=O)cc2)c(C)c2c1CC[C@H]1[C@H](C)C(=O)O[C@@H]21. The molecule has 2 heterocycles. The van der Waals surface area contributed by atoms with Gasteiger partial charge in [0, 0.05) is 17.0 Å². The molecule has 1 aromatic heterocycles. The molecule has 1 fully saturated rings. The Bertz CT molecular complexity index is 1200. The molecule has 0 N–H and O–H groups in total. The second-order valence-corrected chi connectivity index (χ2v) is 8.69. The lowest BCUT2D eigenvalue weighted by Gasteiger charge is -2.31. The second-order valence-electron chi connectivity index (χ2n) is 8.69. The number of aromatic nitrogens is 3. The molecule has 7 nitrogen and oxygen atoms in total. The van der Waals surface area contributed by atoms with E-state index in [-0.39, 0.29) is 30.5 Å². The van der Waals surface area contributed by atoms with Gasteiger partial charge >= 0.3 is 5.97 Å². The van der Waals surface area contributed by atoms with Crippen molar-refractivity contribution in [1.82, 2.24) is 15.0 Å². The van der Waals surface area contributed by atoms with Crippen LogP contribution in [0.1, 0.15) is 57.8 Å². The third kappa shape index (κ3) is 3.28. The summed E-state index contributed by atoms with van der Waals surface area (Å²) >= 11 is 0. The molecular formula is C25H25N3O4. The zero-order chi connectivity index (χ0) is 22.4. The molecule has 2 aromatic carbocycles. The average Bonchev–Trinajstić information content (AvgIpc) is 3.39. The normalized spacial score (nSPS) is 21.6. The van der Waals surface area contributed by atoms with Gasteiger partial charge in [-0.15, -0.1) is 5.10 Å². The first-order valence-electron chi connectivity index (χ1n) is 10.9. The highest BCUT2D eigenvalue weighted by Crippen LogP contribution is 2.49. The summed E-state index contributed by atoms with van der Waals surface area (Å²) in [5.41, 5.74) is 6.77. The Labute approximate surface area is 186 Å². The fourth-order valence-corrected chi connectivity index (χ4v) is 4.99. The number of hydrogen-bond donors (Lipinski definition) is 0. The maximum Gasteiger partial charge on any atom is 0.309 e. The van der Waals surface area contributed by atoms with Gasteiger partial charge in [0.25, 0.3) is 0 Å². The quantitative estimate of drug-likeness (QED) is 0.447. The predicted molar refractivity (Wildman–Crippen MR) is 117 cm³/mol. The summed E-state index contributed by atoms with van der Waals surface area (Å²) in [5.74, 6) is 0.833. The molecule has 0 bridgehead atoms. The molecule has 7 heteroatoms. The maximum atomic E-state index is 12.2. The van der Waals surface area contributed by atoms with E-state index >= 15 is 0 Å². The molecule has 1 saturated heterocycles. The van der Waals surface area contributed by atoms with E-state index in [1.807, 2.05) is 26.0 Å². The lowest BCUT2D eigenvalue weighted by atomic mass is 9.74. The van der Waals surface area contributed by atoms with Crippen LogP contribution >= 0.6 is 0 Å². The third-order valence-electron chi connectivity index (χ3n) is 6.85. The number of rotatable bonds is 5. The Morgan fingerprint density at radius 3 is 2.78 bits per heavy atom. The molecule has 3 atom stereocenters. The summed E-state index contributed by atoms with van der Waals surface area (Å²) < 4.78 is 13.7. The van der Waals surface area contributed by atoms with E-state index in [0.29, 0.717) is 5.56 Å². The van der Waals surface area contributed by atoms with Crippen LogP contribution in [-0.2, 0) is 22.6 Å². The van der Waals surface area contributed by atoms with Gasteiger partial charge in [0.1, 0.15) is 30.4 Å². The molecule has 2 aliphatic rings. The van der Waals surface area contributed by atoms with Gasteiger partial charge in [0.05, 0.1) is 17.8 Å². The van der Waals surface area contributed by atoms with E-state index < -0.39 is 0 Å². The highest BCUT2D eigenvalue weighted by Gasteiger charge is 2.46. The molecule has 3 aromatic rings. The molecule has 1 aliphatic carbocycles. The molecule has 0 amide bonds. The number of esters is 1. The van der Waals surface area contributed by atoms with Gasteiger partial charge in [-0.25, -0.2) is 4.68 Å². The minimum Gasteiger partial charge on any atom is -0.487 e. The number of aldehydes is 1. The van der Waals surface area contributed by atoms with Crippen molar-refractivity contribution in [3.8, 4) is 11.4 Å². The molecular weight excluding hydrogens is 406 g/mol. The summed E-state index contributed by atoms with van der Waals surface area (Å²) in [7, 11) is 0. The van der Waals surface area contributed by atoms with Crippen LogP contribution in [0, 0.1) is 25.7 Å². The van der Waals surface area contributed by atoms with Crippen LogP contribution in [-0.4, -0.2) is 27.2 Å². The van der Waals surface area contributed by atoms with Crippen LogP contribution in [0.4, 0.5) is 0 Å². The molecule has 0 unspecified atom stereocenters. The van der Waals surface area contributed by atoms with Crippen molar-refractivity contribution >= 4 is 12.3 Å². The lowest BCUT2D eigenvalue weighted by molar-refractivity contribution is -0.144. The zero-order valence-corrected chi connectivity index (χ0v) is 18.4. The van der Waals surface area contributed by atoms with Gasteiger partial charge in [-0.05, 0) is 73.7 Å². The monoisotopic (exact) mass is 431 g/mol. The predicted octanol–water partition coefficient (Wildman–Crippen LogP) is 4.07. The van der Waals surface area contributed by atoms with Gasteiger partial charge in [0.2, 0.25) is 0 Å². The maximum absolute atomic E-state index is 12.2. The van der Waals surface area contributed by atoms with E-state index in [1.54, 1.807) is 23.0 Å². The Balaban J connectivity index is 1.43. The first-order chi connectivity index (χ1) is 15.5. The van der Waals surface area contributed by atoms with Crippen molar-refractivity contribution in [2.45, 2.75) is 46.3 Å². The first-order valence-corrected chi connectivity index (χ1v) is 10.9. The highest BCUT2D eigenvalue weighted by molar-refractivity contribution is 5.76. The zero-order valence-electron chi connectivity index (χ0n) is 18.4. The fraction of sp³-hybridized carbons (Fsp3) is 0.360. The van der Waals surface area contributed by atoms with Crippen LogP contribution in [0.3, 0.4) is 0 Å². The van der Waals surface area contributed by atoms with E-state index in [4.69, 9.17) is 9.47 Å². The molecule has 1 aliphatic heterocycles. The van der Waals surface area contributed by atoms with Crippen LogP contribution in [0.2, 0.25) is 0 Å². The Morgan fingerprint density at radius 2 is 2.03 bits per heavy atom. The van der Waals surface area contributed by atoms with E-state index in [2.05, 4.69) is 23.3 Å². The van der Waals surface area contributed by atoms with Crippen molar-refractivity contribution in [2.75, 3.05) is 0 Å². The molecule has 164 valence electrons. The van der Waals surface area contributed by atoms with Crippen molar-refractivity contribution < 1.29 is 19.1 Å². The van der Waals surface area contributed by atoms with E-state index in [1.165, 1.54) is 5.56 Å². The van der Waals surface area contributed by atoms with E-state index in [0.717, 1.165) is 52.9 Å². The minimum atomic E-state index is -0.188. The topological polar surface area (TPSA) is 83.3 Å². The summed E-state index contributed by atoms with van der Waals surface area (Å²) in [5, 5.41) is 8.20. The summed E-state index contributed by atoms with van der Waals surface area (Å²) in [6.07, 6.45) is 4.22. The van der Waals surface area contributed by atoms with Crippen molar-refractivity contribution in [3.05, 3.63) is 70.0 Å². The van der Waals surface area contributed by atoms with Gasteiger partial charge in [-0.2, -0.15) is 0 Å². The van der Waals surface area contributed by atoms with Crippen LogP contribution in [0.15, 0.2) is 36.5 Å². The van der Waals surface area contributed by atoms with Gasteiger partial charge < -0.3 is 9.47 Å². The van der Waals surface area contributed by atoms with Crippen molar-refractivity contribution in [2.24, 2.45) is 11.8 Å². The van der Waals surface area contributed by atoms with Gasteiger partial charge in [0.15, 0.2) is 0 Å². The van der Waals surface area contributed by atoms with Crippen LogP contribution in [0.25, 0.3) is 5.69 Å². The Hall–Kier alpha value is -3.48. The van der Waals surface area contributed by atoms with Crippen molar-refractivity contribution in [3.63, 3.8) is 0 Å². The molecule has 0 spiro atoms. The summed E-state index contributed by atoms with van der Waals surface area (Å²) in [4.78, 5) is 23.2. The summed E-state index contributed by atoms with van der Waals surface area (Å²) in [6, 6.07) is 9.21. The Morgan fingerprint density at radius 1 is 1.25 bits per heavy atom. The summed E-state index contributed by atoms with van der Waals surface area (Å²) in [6.45, 7) is 6.38. The number of benzene rings is 2. The van der Waals surface area contributed by atoms with Crippen LogP contribution < -0.4 is 4.74 Å². The number of carbonyl (C=O) groups is 2. The minimum absolute atomic E-state index is 0.0662. The largest absolute Gasteiger partial charge is 0.487 e. The number of ether oxygens (including phenoxy) is 2.